The molecule has 4 heterocycles. The van der Waals surface area contributed by atoms with Gasteiger partial charge in [0.15, 0.2) is 0 Å². The number of aliphatic hydroxyl groups excluding tert-OH is 1. The Kier molecular flexibility index (Phi) is 7.81. The van der Waals surface area contributed by atoms with Crippen LogP contribution in [-0.4, -0.2) is 91.7 Å². The quantitative estimate of drug-likeness (QED) is 0.232. The van der Waals surface area contributed by atoms with E-state index in [1.54, 1.807) is 21.7 Å². The fraction of sp³-hybridized carbons (Fsp3) is 0.536. The van der Waals surface area contributed by atoms with Gasteiger partial charge in [0, 0.05) is 19.7 Å². The van der Waals surface area contributed by atoms with Gasteiger partial charge in [-0.1, -0.05) is 29.5 Å². The molecule has 2 amide bonds. The van der Waals surface area contributed by atoms with Gasteiger partial charge in [-0.3, -0.25) is 14.4 Å². The summed E-state index contributed by atoms with van der Waals surface area (Å²) < 4.78 is 13.6. The van der Waals surface area contributed by atoms with Crippen LogP contribution in [0.1, 0.15) is 32.1 Å². The van der Waals surface area contributed by atoms with E-state index in [9.17, 15) is 19.5 Å². The number of likely N-dealkylation sites (tertiary alicyclic amines) is 1. The van der Waals surface area contributed by atoms with E-state index in [4.69, 9.17) is 9.47 Å². The zero-order chi connectivity index (χ0) is 27.6. The zero-order valence-electron chi connectivity index (χ0n) is 22.0. The summed E-state index contributed by atoms with van der Waals surface area (Å²) >= 11 is 0. The molecule has 3 aliphatic rings. The van der Waals surface area contributed by atoms with Gasteiger partial charge in [0.25, 0.3) is 0 Å². The molecule has 1 spiro atoms. The summed E-state index contributed by atoms with van der Waals surface area (Å²) in [5, 5.41) is 18.0. The number of fused-ring (bicyclic) bond motifs is 2. The maximum atomic E-state index is 14.3. The van der Waals surface area contributed by atoms with E-state index in [0.717, 1.165) is 11.9 Å². The van der Waals surface area contributed by atoms with E-state index in [-0.39, 0.29) is 44.8 Å². The van der Waals surface area contributed by atoms with E-state index in [1.807, 2.05) is 24.3 Å². The number of para-hydroxylation sites is 1. The number of benzene rings is 1. The van der Waals surface area contributed by atoms with Crippen LogP contribution in [-0.2, 0) is 30.5 Å². The number of aromatic nitrogens is 3. The van der Waals surface area contributed by atoms with Gasteiger partial charge in [0.2, 0.25) is 11.8 Å². The largest absolute Gasteiger partial charge is 0.465 e. The minimum Gasteiger partial charge on any atom is -0.465 e. The molecule has 39 heavy (non-hydrogen) atoms. The molecule has 3 fully saturated rings. The van der Waals surface area contributed by atoms with Gasteiger partial charge >= 0.3 is 5.97 Å². The molecule has 1 N–H and O–H groups in total. The third kappa shape index (κ3) is 4.63. The number of amides is 2. The Morgan fingerprint density at radius 2 is 2.08 bits per heavy atom. The summed E-state index contributed by atoms with van der Waals surface area (Å²) in [6.07, 6.45) is 5.61. The number of rotatable bonds is 13. The van der Waals surface area contributed by atoms with Crippen molar-refractivity contribution in [2.75, 3.05) is 26.3 Å². The summed E-state index contributed by atoms with van der Waals surface area (Å²) in [4.78, 5) is 44.5. The normalized spacial score (nSPS) is 27.1. The summed E-state index contributed by atoms with van der Waals surface area (Å²) in [6.45, 7) is 8.09. The summed E-state index contributed by atoms with van der Waals surface area (Å²) in [6, 6.07) is 6.51. The van der Waals surface area contributed by atoms with E-state index in [0.29, 0.717) is 31.2 Å². The first-order valence-electron chi connectivity index (χ1n) is 13.5. The first kappa shape index (κ1) is 27.0. The van der Waals surface area contributed by atoms with Gasteiger partial charge in [0.05, 0.1) is 30.1 Å². The number of allylic oxidation sites excluding steroid dienone is 1. The number of aliphatic hydroxyl groups is 1. The van der Waals surface area contributed by atoms with Crippen LogP contribution in [0, 0.1) is 11.8 Å². The summed E-state index contributed by atoms with van der Waals surface area (Å²) in [7, 11) is 0. The van der Waals surface area contributed by atoms with Crippen LogP contribution >= 0.6 is 0 Å². The van der Waals surface area contributed by atoms with Crippen molar-refractivity contribution in [2.24, 2.45) is 11.8 Å². The third-order valence-corrected chi connectivity index (χ3v) is 8.05. The van der Waals surface area contributed by atoms with Crippen LogP contribution < -0.4 is 0 Å². The zero-order valence-corrected chi connectivity index (χ0v) is 22.0. The molecule has 0 aliphatic carbocycles. The molecule has 1 aromatic heterocycles. The topological polar surface area (TPSA) is 127 Å². The highest BCUT2D eigenvalue weighted by atomic mass is 16.6. The first-order chi connectivity index (χ1) is 19.0. The Morgan fingerprint density at radius 3 is 2.85 bits per heavy atom. The second-order valence-electron chi connectivity index (χ2n) is 10.3. The standard InChI is InChI=1S/C28H35N5O6/c1-3-5-8-17-38-27(37)22-21-12-13-28(39-21)23(22)25(35)32(15-9-16-34)24(28)26(36)31(14-4-2)18-33-20-11-7-6-10-19(20)29-30-33/h3-4,6-7,10-11,21-24,34H,1-2,5,8-9,12-18H2/t21-,22+,23+,24?,28?/m1/s1. The molecule has 11 nitrogen and oxygen atoms in total. The smallest absolute Gasteiger partial charge is 0.312 e. The molecular weight excluding hydrogens is 502 g/mol. The van der Waals surface area contributed by atoms with Crippen LogP contribution in [0.25, 0.3) is 11.0 Å². The number of ether oxygens (including phenoxy) is 2. The van der Waals surface area contributed by atoms with Gasteiger partial charge in [-0.05, 0) is 44.2 Å². The van der Waals surface area contributed by atoms with Crippen LogP contribution in [0.4, 0.5) is 0 Å². The molecule has 5 rings (SSSR count). The number of esters is 1. The van der Waals surface area contributed by atoms with Crippen LogP contribution in [0.15, 0.2) is 49.6 Å². The molecule has 1 aromatic carbocycles. The Bertz CT molecular complexity index is 1260. The van der Waals surface area contributed by atoms with Gasteiger partial charge in [-0.2, -0.15) is 0 Å². The van der Waals surface area contributed by atoms with Crippen LogP contribution in [0.5, 0.6) is 0 Å². The van der Waals surface area contributed by atoms with E-state index >= 15 is 0 Å². The maximum Gasteiger partial charge on any atom is 0.312 e. The molecule has 5 atom stereocenters. The fourth-order valence-electron chi connectivity index (χ4n) is 6.41. The Morgan fingerprint density at radius 1 is 1.26 bits per heavy atom. The number of carbonyl (C=O) groups is 3. The Labute approximate surface area is 227 Å². The average Bonchev–Trinajstić information content (AvgIpc) is 3.69. The predicted molar refractivity (Wildman–Crippen MR) is 141 cm³/mol. The van der Waals surface area contributed by atoms with E-state index in [1.165, 1.54) is 4.90 Å². The molecule has 2 bridgehead atoms. The summed E-state index contributed by atoms with van der Waals surface area (Å²) in [5.74, 6) is -2.66. The fourth-order valence-corrected chi connectivity index (χ4v) is 6.41. The van der Waals surface area contributed by atoms with Crippen LogP contribution in [0.2, 0.25) is 0 Å². The molecule has 3 aliphatic heterocycles. The third-order valence-electron chi connectivity index (χ3n) is 8.05. The minimum atomic E-state index is -1.14. The second kappa shape index (κ2) is 11.3. The van der Waals surface area contributed by atoms with Crippen LogP contribution in [0.3, 0.4) is 0 Å². The van der Waals surface area contributed by atoms with Crippen molar-refractivity contribution in [1.82, 2.24) is 24.8 Å². The van der Waals surface area contributed by atoms with Gasteiger partial charge in [-0.15, -0.1) is 18.3 Å². The van der Waals surface area contributed by atoms with E-state index < -0.39 is 35.6 Å². The highest BCUT2D eigenvalue weighted by Crippen LogP contribution is 2.58. The lowest BCUT2D eigenvalue weighted by atomic mass is 9.70. The lowest BCUT2D eigenvalue weighted by molar-refractivity contribution is -0.155. The highest BCUT2D eigenvalue weighted by molar-refractivity contribution is 5.98. The highest BCUT2D eigenvalue weighted by Gasteiger charge is 2.75. The molecule has 0 radical (unpaired) electrons. The predicted octanol–water partition coefficient (Wildman–Crippen LogP) is 1.67. The first-order valence-corrected chi connectivity index (χ1v) is 13.5. The minimum absolute atomic E-state index is 0.100. The molecule has 11 heteroatoms. The second-order valence-corrected chi connectivity index (χ2v) is 10.3. The molecular formula is C28H35N5O6. The Hall–Kier alpha value is -3.57. The number of hydrogen-bond donors (Lipinski definition) is 1. The average molecular weight is 538 g/mol. The van der Waals surface area contributed by atoms with Crippen molar-refractivity contribution < 1.29 is 29.0 Å². The Balaban J connectivity index is 1.45. The van der Waals surface area contributed by atoms with E-state index in [2.05, 4.69) is 23.5 Å². The number of nitrogens with zero attached hydrogens (tertiary/aromatic N) is 5. The molecule has 208 valence electrons. The lowest BCUT2D eigenvalue weighted by Gasteiger charge is -2.36. The summed E-state index contributed by atoms with van der Waals surface area (Å²) in [5.41, 5.74) is 0.338. The molecule has 0 saturated carbocycles. The maximum absolute atomic E-state index is 14.3. The molecule has 3 saturated heterocycles. The van der Waals surface area contributed by atoms with Crippen molar-refractivity contribution in [3.8, 4) is 0 Å². The van der Waals surface area contributed by atoms with Crippen molar-refractivity contribution >= 4 is 28.8 Å². The SMILES string of the molecule is C=CCCCOC(=O)[C@@H]1[C@H]2C(=O)N(CCCO)C(C(=O)N(CC=C)Cn3nnc4ccccc43)C23CC[C@H]1O3. The van der Waals surface area contributed by atoms with Gasteiger partial charge < -0.3 is 24.4 Å². The van der Waals surface area contributed by atoms with Gasteiger partial charge in [0.1, 0.15) is 23.8 Å². The van der Waals surface area contributed by atoms with Crippen molar-refractivity contribution in [3.05, 3.63) is 49.6 Å². The molecule has 2 unspecified atom stereocenters. The van der Waals surface area contributed by atoms with Crippen molar-refractivity contribution in [2.45, 2.75) is 56.5 Å². The van der Waals surface area contributed by atoms with Crippen molar-refractivity contribution in [1.29, 1.82) is 0 Å². The number of hydrogen-bond acceptors (Lipinski definition) is 8. The number of unbranched alkanes of at least 4 members (excludes halogenated alkanes) is 1. The van der Waals surface area contributed by atoms with Crippen molar-refractivity contribution in [3.63, 3.8) is 0 Å². The number of carbonyl (C=O) groups excluding carboxylic acids is 3. The lowest BCUT2D eigenvalue weighted by Crippen LogP contribution is -2.56. The van der Waals surface area contributed by atoms with Gasteiger partial charge in [-0.25, -0.2) is 4.68 Å². The monoisotopic (exact) mass is 537 g/mol. The molecule has 2 aromatic rings.